The number of benzene rings is 1. The van der Waals surface area contributed by atoms with Gasteiger partial charge in [-0.05, 0) is 30.7 Å². The van der Waals surface area contributed by atoms with Crippen molar-refractivity contribution >= 4 is 0 Å². The predicted molar refractivity (Wildman–Crippen MR) is 74.5 cm³/mol. The summed E-state index contributed by atoms with van der Waals surface area (Å²) < 4.78 is 5.62. The third kappa shape index (κ3) is 2.87. The molecule has 0 bridgehead atoms. The largest absolute Gasteiger partial charge is 0.504 e. The minimum Gasteiger partial charge on any atom is -0.504 e. The van der Waals surface area contributed by atoms with Gasteiger partial charge in [-0.2, -0.15) is 0 Å². The summed E-state index contributed by atoms with van der Waals surface area (Å²) in [6.45, 7) is 1.41. The summed E-state index contributed by atoms with van der Waals surface area (Å²) in [5.41, 5.74) is 0.784. The maximum atomic E-state index is 10.2. The molecule has 1 fully saturated rings. The molecule has 1 aromatic rings. The molecule has 6 nitrogen and oxygen atoms in total. The smallest absolute Gasteiger partial charge is 0.157 e. The van der Waals surface area contributed by atoms with E-state index in [4.69, 9.17) is 9.84 Å². The van der Waals surface area contributed by atoms with Gasteiger partial charge in [-0.1, -0.05) is 12.1 Å². The maximum absolute atomic E-state index is 10.2. The van der Waals surface area contributed by atoms with Crippen LogP contribution in [-0.4, -0.2) is 44.3 Å². The zero-order chi connectivity index (χ0) is 15.6. The lowest BCUT2D eigenvalue weighted by Gasteiger charge is -2.36. The van der Waals surface area contributed by atoms with Crippen LogP contribution in [0, 0.1) is 0 Å². The molecule has 2 unspecified atom stereocenters. The third-order valence-electron chi connectivity index (χ3n) is 3.41. The minimum absolute atomic E-state index is 0.273. The normalized spacial score (nSPS) is 29.6. The zero-order valence-corrected chi connectivity index (χ0v) is 11.5. The van der Waals surface area contributed by atoms with Gasteiger partial charge in [0.25, 0.3) is 0 Å². The molecule has 0 radical (unpaired) electrons. The predicted octanol–water partition coefficient (Wildman–Crippen LogP) is 0.713. The summed E-state index contributed by atoms with van der Waals surface area (Å²) in [6, 6.07) is 4.01. The monoisotopic (exact) mass is 294 g/mol. The highest BCUT2D eigenvalue weighted by Crippen LogP contribution is 2.39. The van der Waals surface area contributed by atoms with Crippen molar-refractivity contribution in [3.05, 3.63) is 47.2 Å². The van der Waals surface area contributed by atoms with Crippen molar-refractivity contribution in [1.82, 2.24) is 0 Å². The Balaban J connectivity index is 2.40. The highest BCUT2D eigenvalue weighted by atomic mass is 16.5. The highest BCUT2D eigenvalue weighted by Gasteiger charge is 2.38. The Hall–Kier alpha value is -2.02. The lowest BCUT2D eigenvalue weighted by molar-refractivity contribution is -0.0839. The fourth-order valence-corrected chi connectivity index (χ4v) is 2.31. The lowest BCUT2D eigenvalue weighted by atomic mass is 9.91. The number of phenols is 2. The van der Waals surface area contributed by atoms with E-state index < -0.39 is 18.3 Å². The molecule has 1 saturated heterocycles. The van der Waals surface area contributed by atoms with Gasteiger partial charge in [-0.25, -0.2) is 0 Å². The number of ether oxygens (including phenoxy) is 1. The summed E-state index contributed by atoms with van der Waals surface area (Å²) >= 11 is 0. The van der Waals surface area contributed by atoms with Crippen molar-refractivity contribution in [2.24, 2.45) is 0 Å². The topological polar surface area (TPSA) is 110 Å². The van der Waals surface area contributed by atoms with Crippen molar-refractivity contribution < 1.29 is 30.3 Å². The van der Waals surface area contributed by atoms with Gasteiger partial charge in [0.1, 0.15) is 18.0 Å². The van der Waals surface area contributed by atoms with Crippen molar-refractivity contribution in [3.8, 4) is 11.5 Å². The van der Waals surface area contributed by atoms with Crippen molar-refractivity contribution in [2.45, 2.75) is 25.2 Å². The minimum atomic E-state index is -1.24. The second-order valence-corrected chi connectivity index (χ2v) is 4.72. The maximum Gasteiger partial charge on any atom is 0.157 e. The average molecular weight is 294 g/mol. The van der Waals surface area contributed by atoms with E-state index in [1.54, 1.807) is 13.0 Å². The van der Waals surface area contributed by atoms with Crippen LogP contribution in [0.1, 0.15) is 18.6 Å². The van der Waals surface area contributed by atoms with Gasteiger partial charge < -0.3 is 30.3 Å². The molecule has 5 N–H and O–H groups in total. The molecular weight excluding hydrogens is 276 g/mol. The van der Waals surface area contributed by atoms with Crippen LogP contribution in [0.5, 0.6) is 11.5 Å². The number of aliphatic hydroxyl groups excluding tert-OH is 3. The second kappa shape index (κ2) is 6.17. The number of allylic oxidation sites excluding steroid dienone is 1. The SMILES string of the molecule is CC=C1/C(=C\CO)OC(c2ccc(O)c(O)c2)[C@@H](O)C1O. The molecule has 114 valence electrons. The van der Waals surface area contributed by atoms with Crippen LogP contribution in [0.2, 0.25) is 0 Å². The Morgan fingerprint density at radius 2 is 1.90 bits per heavy atom. The van der Waals surface area contributed by atoms with E-state index in [2.05, 4.69) is 0 Å². The second-order valence-electron chi connectivity index (χ2n) is 4.72. The van der Waals surface area contributed by atoms with Gasteiger partial charge in [0.15, 0.2) is 17.6 Å². The van der Waals surface area contributed by atoms with Crippen LogP contribution < -0.4 is 0 Å². The first kappa shape index (κ1) is 15.4. The van der Waals surface area contributed by atoms with E-state index in [-0.39, 0.29) is 23.9 Å². The molecule has 1 aliphatic heterocycles. The molecule has 0 saturated carbocycles. The van der Waals surface area contributed by atoms with Gasteiger partial charge in [0.2, 0.25) is 0 Å². The van der Waals surface area contributed by atoms with E-state index in [9.17, 15) is 20.4 Å². The summed E-state index contributed by atoms with van der Waals surface area (Å²) in [4.78, 5) is 0. The van der Waals surface area contributed by atoms with E-state index in [1.807, 2.05) is 0 Å². The number of phenolic OH excluding ortho intramolecular Hbond substituents is 2. The number of rotatable bonds is 2. The van der Waals surface area contributed by atoms with E-state index in [1.165, 1.54) is 24.3 Å². The molecule has 0 aromatic heterocycles. The molecule has 1 aliphatic rings. The van der Waals surface area contributed by atoms with Crippen molar-refractivity contribution in [3.63, 3.8) is 0 Å². The van der Waals surface area contributed by atoms with Crippen LogP contribution in [-0.2, 0) is 4.74 Å². The molecule has 6 heteroatoms. The molecule has 1 heterocycles. The Kier molecular flexibility index (Phi) is 4.52. The molecule has 2 rings (SSSR count). The third-order valence-corrected chi connectivity index (χ3v) is 3.41. The Bertz CT molecular complexity index is 578. The van der Waals surface area contributed by atoms with Crippen LogP contribution in [0.15, 0.2) is 41.7 Å². The lowest BCUT2D eigenvalue weighted by Crippen LogP contribution is -2.40. The molecule has 21 heavy (non-hydrogen) atoms. The Morgan fingerprint density at radius 3 is 2.48 bits per heavy atom. The summed E-state index contributed by atoms with van der Waals surface area (Å²) in [6.07, 6.45) is -0.357. The fourth-order valence-electron chi connectivity index (χ4n) is 2.31. The van der Waals surface area contributed by atoms with Crippen LogP contribution in [0.3, 0.4) is 0 Å². The molecule has 1 aromatic carbocycles. The van der Waals surface area contributed by atoms with Crippen molar-refractivity contribution in [1.29, 1.82) is 0 Å². The fraction of sp³-hybridized carbons (Fsp3) is 0.333. The Morgan fingerprint density at radius 1 is 1.19 bits per heavy atom. The molecule has 0 amide bonds. The Labute approximate surface area is 121 Å². The van der Waals surface area contributed by atoms with Gasteiger partial charge in [-0.3, -0.25) is 0 Å². The van der Waals surface area contributed by atoms with Crippen LogP contribution >= 0.6 is 0 Å². The molecular formula is C15H18O6. The highest BCUT2D eigenvalue weighted by molar-refractivity contribution is 5.43. The van der Waals surface area contributed by atoms with Gasteiger partial charge >= 0.3 is 0 Å². The van der Waals surface area contributed by atoms with Crippen LogP contribution in [0.25, 0.3) is 0 Å². The number of hydrogen-bond donors (Lipinski definition) is 5. The van der Waals surface area contributed by atoms with E-state index in [0.717, 1.165) is 0 Å². The van der Waals surface area contributed by atoms with Gasteiger partial charge in [0, 0.05) is 5.57 Å². The number of aliphatic hydroxyl groups is 3. The summed E-state index contributed by atoms with van der Waals surface area (Å²) in [5, 5.41) is 48.2. The molecule has 0 aliphatic carbocycles. The summed E-state index contributed by atoms with van der Waals surface area (Å²) in [7, 11) is 0. The first-order valence-corrected chi connectivity index (χ1v) is 6.51. The summed E-state index contributed by atoms with van der Waals surface area (Å²) in [5.74, 6) is -0.359. The first-order chi connectivity index (χ1) is 9.99. The number of aromatic hydroxyl groups is 2. The average Bonchev–Trinajstić information content (AvgIpc) is 2.46. The van der Waals surface area contributed by atoms with Gasteiger partial charge in [-0.15, -0.1) is 0 Å². The van der Waals surface area contributed by atoms with Crippen LogP contribution in [0.4, 0.5) is 0 Å². The molecule has 0 spiro atoms. The van der Waals surface area contributed by atoms with Gasteiger partial charge in [0.05, 0.1) is 6.61 Å². The first-order valence-electron chi connectivity index (χ1n) is 6.51. The number of hydrogen-bond acceptors (Lipinski definition) is 6. The van der Waals surface area contributed by atoms with Crippen molar-refractivity contribution in [2.75, 3.05) is 6.61 Å². The molecule has 3 atom stereocenters. The van der Waals surface area contributed by atoms with E-state index >= 15 is 0 Å². The quantitative estimate of drug-likeness (QED) is 0.514. The standard InChI is InChI=1S/C15H18O6/c1-2-9-12(5-6-16)21-15(14(20)13(9)19)8-3-4-10(17)11(18)7-8/h2-5,7,13-20H,6H2,1H3/b9-2?,12-5+/t13?,14-,15?/m0/s1. The zero-order valence-electron chi connectivity index (χ0n) is 11.5. The van der Waals surface area contributed by atoms with E-state index in [0.29, 0.717) is 11.1 Å².